The molecule has 2 aliphatic rings. The third-order valence-corrected chi connectivity index (χ3v) is 7.10. The molecule has 1 aromatic carbocycles. The molecule has 2 amide bonds. The molecular formula is C26H28ClN5O2S. The summed E-state index contributed by atoms with van der Waals surface area (Å²) in [5.74, 6) is -0.187. The van der Waals surface area contributed by atoms with Crippen LogP contribution >= 0.6 is 23.4 Å². The van der Waals surface area contributed by atoms with E-state index >= 15 is 0 Å². The highest BCUT2D eigenvalue weighted by Crippen LogP contribution is 2.45. The molecular weight excluding hydrogens is 482 g/mol. The van der Waals surface area contributed by atoms with Crippen LogP contribution in [0.3, 0.4) is 0 Å². The molecule has 0 spiro atoms. The van der Waals surface area contributed by atoms with E-state index in [0.29, 0.717) is 35.9 Å². The van der Waals surface area contributed by atoms with Crippen LogP contribution in [0.4, 0.5) is 0 Å². The van der Waals surface area contributed by atoms with E-state index < -0.39 is 6.04 Å². The lowest BCUT2D eigenvalue weighted by Crippen LogP contribution is -2.42. The molecule has 9 heteroatoms. The van der Waals surface area contributed by atoms with Crippen molar-refractivity contribution in [1.29, 1.82) is 0 Å². The fraction of sp³-hybridized carbons (Fsp3) is 0.308. The Morgan fingerprint density at radius 3 is 2.66 bits per heavy atom. The van der Waals surface area contributed by atoms with E-state index in [9.17, 15) is 9.59 Å². The van der Waals surface area contributed by atoms with E-state index in [1.54, 1.807) is 11.1 Å². The summed E-state index contributed by atoms with van der Waals surface area (Å²) < 4.78 is 0. The highest BCUT2D eigenvalue weighted by atomic mass is 35.5. The van der Waals surface area contributed by atoms with E-state index in [4.69, 9.17) is 16.6 Å². The fourth-order valence-corrected chi connectivity index (χ4v) is 5.40. The van der Waals surface area contributed by atoms with Crippen molar-refractivity contribution in [3.63, 3.8) is 0 Å². The van der Waals surface area contributed by atoms with Gasteiger partial charge in [0.2, 0.25) is 5.91 Å². The zero-order chi connectivity index (χ0) is 24.9. The van der Waals surface area contributed by atoms with Gasteiger partial charge in [-0.05, 0) is 56.0 Å². The number of amides is 2. The number of rotatable bonds is 8. The van der Waals surface area contributed by atoms with Gasteiger partial charge in [-0.2, -0.15) is 0 Å². The van der Waals surface area contributed by atoms with E-state index in [1.807, 2.05) is 73.5 Å². The number of carbonyl (C=O) groups excluding carboxylic acids is 2. The Morgan fingerprint density at radius 2 is 1.97 bits per heavy atom. The molecule has 0 radical (unpaired) electrons. The Balaban J connectivity index is 1.65. The van der Waals surface area contributed by atoms with Crippen LogP contribution in [0.5, 0.6) is 0 Å². The van der Waals surface area contributed by atoms with Gasteiger partial charge in [-0.3, -0.25) is 14.6 Å². The molecule has 7 nitrogen and oxygen atoms in total. The minimum Gasteiger partial charge on any atom is -0.350 e. The van der Waals surface area contributed by atoms with Gasteiger partial charge < -0.3 is 15.1 Å². The van der Waals surface area contributed by atoms with Crippen LogP contribution in [0.25, 0.3) is 0 Å². The predicted octanol–water partition coefficient (Wildman–Crippen LogP) is 4.88. The minimum atomic E-state index is -0.431. The first-order valence-corrected chi connectivity index (χ1v) is 12.8. The molecule has 2 aromatic rings. The van der Waals surface area contributed by atoms with Crippen molar-refractivity contribution < 1.29 is 9.59 Å². The average molecular weight is 510 g/mol. The zero-order valence-corrected chi connectivity index (χ0v) is 21.6. The van der Waals surface area contributed by atoms with Crippen molar-refractivity contribution in [2.45, 2.75) is 39.8 Å². The quantitative estimate of drug-likeness (QED) is 0.548. The largest absolute Gasteiger partial charge is 0.350 e. The average Bonchev–Trinajstić information content (AvgIpc) is 3.24. The van der Waals surface area contributed by atoms with Gasteiger partial charge in [0, 0.05) is 30.0 Å². The number of allylic oxidation sites excluding steroid dienone is 1. The van der Waals surface area contributed by atoms with Crippen LogP contribution in [-0.4, -0.2) is 44.9 Å². The molecule has 1 atom stereocenters. The maximum Gasteiger partial charge on any atom is 0.254 e. The Hall–Kier alpha value is -3.10. The number of fused-ring (bicyclic) bond motifs is 1. The first-order chi connectivity index (χ1) is 16.9. The number of aromatic nitrogens is 1. The van der Waals surface area contributed by atoms with Gasteiger partial charge in [0.05, 0.1) is 36.0 Å². The standard InChI is InChI=1S/C26H28ClN5O2S/c1-4-31(5-2)25(34)23-17(3)30-26-32(24(23)18-9-8-10-19(27)13-18)21(16-35-26)14-22(33)29-15-20-11-6-7-12-28-20/h6-13,16,24H,4-5,14-15H2,1-3H3,(H,29,33). The van der Waals surface area contributed by atoms with Crippen molar-refractivity contribution in [2.75, 3.05) is 13.1 Å². The SMILES string of the molecule is CCN(CC)C(=O)C1=C(C)N=C2SC=C(CC(=O)NCc3ccccn3)N2C1c1cccc(Cl)c1. The summed E-state index contributed by atoms with van der Waals surface area (Å²) in [5, 5.41) is 6.21. The molecule has 3 heterocycles. The zero-order valence-electron chi connectivity index (χ0n) is 20.0. The fourth-order valence-electron chi connectivity index (χ4n) is 4.24. The summed E-state index contributed by atoms with van der Waals surface area (Å²) in [4.78, 5) is 39.3. The smallest absolute Gasteiger partial charge is 0.254 e. The van der Waals surface area contributed by atoms with Gasteiger partial charge in [-0.15, -0.1) is 0 Å². The Bertz CT molecular complexity index is 1210. The Labute approximate surface area is 215 Å². The maximum absolute atomic E-state index is 13.6. The number of nitrogens with one attached hydrogen (secondary N) is 1. The van der Waals surface area contributed by atoms with Crippen molar-refractivity contribution in [2.24, 2.45) is 4.99 Å². The number of nitrogens with zero attached hydrogens (tertiary/aromatic N) is 4. The number of thioether (sulfide) groups is 1. The number of amidine groups is 1. The number of aliphatic imine (C=N–C) groups is 1. The van der Waals surface area contributed by atoms with E-state index in [0.717, 1.165) is 22.1 Å². The summed E-state index contributed by atoms with van der Waals surface area (Å²) >= 11 is 7.82. The molecule has 1 N–H and O–H groups in total. The summed E-state index contributed by atoms with van der Waals surface area (Å²) in [5.41, 5.74) is 3.73. The number of hydrogen-bond acceptors (Lipinski definition) is 6. The third-order valence-electron chi connectivity index (χ3n) is 5.98. The topological polar surface area (TPSA) is 77.9 Å². The molecule has 1 unspecified atom stereocenters. The predicted molar refractivity (Wildman–Crippen MR) is 140 cm³/mol. The van der Waals surface area contributed by atoms with Crippen LogP contribution in [-0.2, 0) is 16.1 Å². The van der Waals surface area contributed by atoms with Crippen molar-refractivity contribution in [1.82, 2.24) is 20.1 Å². The van der Waals surface area contributed by atoms with E-state index in [1.165, 1.54) is 11.8 Å². The molecule has 2 aliphatic heterocycles. The summed E-state index contributed by atoms with van der Waals surface area (Å²) in [7, 11) is 0. The highest BCUT2D eigenvalue weighted by molar-refractivity contribution is 8.16. The van der Waals surface area contributed by atoms with Crippen LogP contribution in [0.15, 0.2) is 76.0 Å². The van der Waals surface area contributed by atoms with Crippen LogP contribution in [0, 0.1) is 0 Å². The lowest BCUT2D eigenvalue weighted by Gasteiger charge is -2.38. The molecule has 0 bridgehead atoms. The Morgan fingerprint density at radius 1 is 1.17 bits per heavy atom. The van der Waals surface area contributed by atoms with Gasteiger partial charge in [-0.1, -0.05) is 41.6 Å². The van der Waals surface area contributed by atoms with E-state index in [-0.39, 0.29) is 18.2 Å². The molecule has 4 rings (SSSR count). The summed E-state index contributed by atoms with van der Waals surface area (Å²) in [6.07, 6.45) is 1.86. The molecule has 0 saturated carbocycles. The van der Waals surface area contributed by atoms with Crippen molar-refractivity contribution in [3.05, 3.63) is 87.3 Å². The van der Waals surface area contributed by atoms with Gasteiger partial charge >= 0.3 is 0 Å². The lowest BCUT2D eigenvalue weighted by molar-refractivity contribution is -0.127. The molecule has 0 fully saturated rings. The van der Waals surface area contributed by atoms with Crippen LogP contribution in [0.2, 0.25) is 5.02 Å². The van der Waals surface area contributed by atoms with Gasteiger partial charge in [0.25, 0.3) is 5.91 Å². The molecule has 182 valence electrons. The first kappa shape index (κ1) is 25.0. The van der Waals surface area contributed by atoms with E-state index in [2.05, 4.69) is 10.3 Å². The second kappa shape index (κ2) is 11.1. The summed E-state index contributed by atoms with van der Waals surface area (Å²) in [6.45, 7) is 7.34. The lowest BCUT2D eigenvalue weighted by atomic mass is 9.92. The van der Waals surface area contributed by atoms with Gasteiger partial charge in [0.15, 0.2) is 5.17 Å². The Kier molecular flexibility index (Phi) is 7.93. The van der Waals surface area contributed by atoms with Crippen molar-refractivity contribution >= 4 is 40.3 Å². The number of halogens is 1. The minimum absolute atomic E-state index is 0.0591. The molecule has 0 aliphatic carbocycles. The number of likely N-dealkylation sites (N-methyl/N-ethyl adjacent to an activating group) is 1. The number of benzene rings is 1. The molecule has 35 heavy (non-hydrogen) atoms. The van der Waals surface area contributed by atoms with Crippen LogP contribution < -0.4 is 5.32 Å². The molecule has 1 aromatic heterocycles. The van der Waals surface area contributed by atoms with Crippen molar-refractivity contribution in [3.8, 4) is 0 Å². The normalized spacial score (nSPS) is 17.0. The van der Waals surface area contributed by atoms with Gasteiger partial charge in [0.1, 0.15) is 0 Å². The first-order valence-electron chi connectivity index (χ1n) is 11.6. The summed E-state index contributed by atoms with van der Waals surface area (Å²) in [6, 6.07) is 12.7. The molecule has 0 saturated heterocycles. The van der Waals surface area contributed by atoms with Gasteiger partial charge in [-0.25, -0.2) is 4.99 Å². The second-order valence-corrected chi connectivity index (χ2v) is 9.47. The van der Waals surface area contributed by atoms with Crippen LogP contribution in [0.1, 0.15) is 44.5 Å². The highest BCUT2D eigenvalue weighted by Gasteiger charge is 2.41. The third kappa shape index (κ3) is 5.44. The maximum atomic E-state index is 13.6. The number of pyridine rings is 1. The monoisotopic (exact) mass is 509 g/mol. The second-order valence-electron chi connectivity index (χ2n) is 8.20. The number of hydrogen-bond donors (Lipinski definition) is 1. The number of carbonyl (C=O) groups is 2.